The molecule has 3 aromatic carbocycles. The number of aromatic hydroxyl groups is 2. The second kappa shape index (κ2) is 11.2. The van der Waals surface area contributed by atoms with E-state index in [-0.39, 0.29) is 47.2 Å². The maximum atomic E-state index is 16.2. The fourth-order valence-electron chi connectivity index (χ4n) is 4.25. The molecule has 0 radical (unpaired) electrons. The average Bonchev–Trinajstić information content (AvgIpc) is 2.91. The molecule has 1 aliphatic rings. The van der Waals surface area contributed by atoms with Crippen LogP contribution in [0.5, 0.6) is 23.0 Å². The van der Waals surface area contributed by atoms with Crippen LogP contribution in [0.4, 0.5) is 15.8 Å². The van der Waals surface area contributed by atoms with Gasteiger partial charge in [0.1, 0.15) is 17.6 Å². The SMILES string of the molecule is CCCCOc1c(F)c2c(c(Nc3ccccc3C#N)c1OCCCC)C(=O)c1c(O)ccc(O)c1C2=O. The Kier molecular flexibility index (Phi) is 7.82. The molecule has 0 atom stereocenters. The molecule has 1 aliphatic carbocycles. The van der Waals surface area contributed by atoms with Crippen LogP contribution in [0.15, 0.2) is 36.4 Å². The highest BCUT2D eigenvalue weighted by Gasteiger charge is 2.42. The number of hydrogen-bond acceptors (Lipinski definition) is 8. The zero-order valence-corrected chi connectivity index (χ0v) is 21.1. The van der Waals surface area contributed by atoms with Crippen LogP contribution < -0.4 is 14.8 Å². The number of anilines is 2. The van der Waals surface area contributed by atoms with E-state index >= 15 is 4.39 Å². The van der Waals surface area contributed by atoms with Crippen molar-refractivity contribution in [3.8, 4) is 29.1 Å². The Balaban J connectivity index is 2.05. The molecule has 0 unspecified atom stereocenters. The summed E-state index contributed by atoms with van der Waals surface area (Å²) in [5.41, 5.74) is -1.50. The summed E-state index contributed by atoms with van der Waals surface area (Å²) < 4.78 is 27.9. The number of rotatable bonds is 10. The van der Waals surface area contributed by atoms with Crippen LogP contribution in [0.2, 0.25) is 0 Å². The number of ether oxygens (including phenoxy) is 2. The van der Waals surface area contributed by atoms with Crippen molar-refractivity contribution in [3.05, 3.63) is 70.0 Å². The molecule has 0 spiro atoms. The summed E-state index contributed by atoms with van der Waals surface area (Å²) in [6.45, 7) is 4.17. The van der Waals surface area contributed by atoms with Crippen molar-refractivity contribution >= 4 is 22.9 Å². The van der Waals surface area contributed by atoms with E-state index in [1.54, 1.807) is 24.3 Å². The number of hydrogen-bond donors (Lipinski definition) is 3. The summed E-state index contributed by atoms with van der Waals surface area (Å²) in [4.78, 5) is 27.4. The summed E-state index contributed by atoms with van der Waals surface area (Å²) in [6, 6.07) is 10.7. The van der Waals surface area contributed by atoms with Crippen LogP contribution >= 0.6 is 0 Å². The van der Waals surface area contributed by atoms with E-state index < -0.39 is 45.6 Å². The highest BCUT2D eigenvalue weighted by Crippen LogP contribution is 2.50. The van der Waals surface area contributed by atoms with Crippen molar-refractivity contribution in [2.75, 3.05) is 18.5 Å². The Morgan fingerprint density at radius 1 is 0.842 bits per heavy atom. The van der Waals surface area contributed by atoms with E-state index in [4.69, 9.17) is 9.47 Å². The van der Waals surface area contributed by atoms with Gasteiger partial charge >= 0.3 is 0 Å². The normalized spacial score (nSPS) is 11.9. The Morgan fingerprint density at radius 3 is 1.97 bits per heavy atom. The largest absolute Gasteiger partial charge is 0.507 e. The smallest absolute Gasteiger partial charge is 0.201 e. The van der Waals surface area contributed by atoms with E-state index in [1.807, 2.05) is 13.8 Å². The lowest BCUT2D eigenvalue weighted by molar-refractivity contribution is 0.0969. The van der Waals surface area contributed by atoms with Crippen LogP contribution in [0.3, 0.4) is 0 Å². The van der Waals surface area contributed by atoms with Crippen LogP contribution in [0.1, 0.15) is 76.9 Å². The van der Waals surface area contributed by atoms with Gasteiger partial charge in [0.15, 0.2) is 17.3 Å². The lowest BCUT2D eigenvalue weighted by Gasteiger charge is -2.27. The molecule has 0 amide bonds. The van der Waals surface area contributed by atoms with E-state index in [0.29, 0.717) is 12.8 Å². The third-order valence-electron chi connectivity index (χ3n) is 6.22. The molecular weight excluding hydrogens is 491 g/mol. The molecule has 0 heterocycles. The second-order valence-corrected chi connectivity index (χ2v) is 8.80. The number of nitrogens with one attached hydrogen (secondary N) is 1. The first kappa shape index (κ1) is 26.5. The van der Waals surface area contributed by atoms with Crippen molar-refractivity contribution in [2.45, 2.75) is 39.5 Å². The second-order valence-electron chi connectivity index (χ2n) is 8.80. The van der Waals surface area contributed by atoms with E-state index in [0.717, 1.165) is 25.0 Å². The van der Waals surface area contributed by atoms with Gasteiger partial charge in [0.05, 0.1) is 52.4 Å². The van der Waals surface area contributed by atoms with Crippen LogP contribution in [0, 0.1) is 17.1 Å². The van der Waals surface area contributed by atoms with Crippen molar-refractivity contribution in [1.82, 2.24) is 0 Å². The number of benzene rings is 3. The number of phenolic OH excluding ortho intramolecular Hbond substituents is 2. The van der Waals surface area contributed by atoms with Gasteiger partial charge in [-0.2, -0.15) is 5.26 Å². The van der Waals surface area contributed by atoms with Gasteiger partial charge < -0.3 is 25.0 Å². The molecule has 0 saturated carbocycles. The van der Waals surface area contributed by atoms with E-state index in [2.05, 4.69) is 11.4 Å². The minimum Gasteiger partial charge on any atom is -0.507 e. The molecule has 8 nitrogen and oxygen atoms in total. The molecule has 9 heteroatoms. The van der Waals surface area contributed by atoms with E-state index in [9.17, 15) is 25.1 Å². The molecule has 196 valence electrons. The molecule has 0 aliphatic heterocycles. The minimum absolute atomic E-state index is 0.0709. The van der Waals surface area contributed by atoms with Gasteiger partial charge in [-0.25, -0.2) is 4.39 Å². The highest BCUT2D eigenvalue weighted by molar-refractivity contribution is 6.32. The number of halogens is 1. The summed E-state index contributed by atoms with van der Waals surface area (Å²) in [7, 11) is 0. The number of carbonyl (C=O) groups excluding carboxylic acids is 2. The Bertz CT molecular complexity index is 1460. The van der Waals surface area contributed by atoms with Gasteiger partial charge in [-0.05, 0) is 37.1 Å². The minimum atomic E-state index is -1.10. The number of fused-ring (bicyclic) bond motifs is 2. The summed E-state index contributed by atoms with van der Waals surface area (Å²) in [6.07, 6.45) is 2.75. The fraction of sp³-hybridized carbons (Fsp3) is 0.276. The predicted octanol–water partition coefficient (Wildman–Crippen LogP) is 5.99. The van der Waals surface area contributed by atoms with Crippen molar-refractivity contribution in [2.24, 2.45) is 0 Å². The van der Waals surface area contributed by atoms with Crippen LogP contribution in [-0.2, 0) is 0 Å². The molecular formula is C29H27FN2O6. The molecule has 3 N–H and O–H groups in total. The Labute approximate surface area is 219 Å². The molecule has 0 bridgehead atoms. The lowest BCUT2D eigenvalue weighted by atomic mass is 9.81. The molecule has 38 heavy (non-hydrogen) atoms. The number of nitrogens with zero attached hydrogens (tertiary/aromatic N) is 1. The predicted molar refractivity (Wildman–Crippen MR) is 138 cm³/mol. The number of carbonyl (C=O) groups is 2. The third kappa shape index (κ3) is 4.61. The fourth-order valence-corrected chi connectivity index (χ4v) is 4.25. The number of phenols is 2. The first-order chi connectivity index (χ1) is 18.3. The summed E-state index contributed by atoms with van der Waals surface area (Å²) >= 11 is 0. The molecule has 3 aromatic rings. The number of ketones is 2. The van der Waals surface area contributed by atoms with Gasteiger partial charge in [-0.1, -0.05) is 38.8 Å². The first-order valence-electron chi connectivity index (χ1n) is 12.4. The lowest BCUT2D eigenvalue weighted by Crippen LogP contribution is -2.25. The molecule has 0 aromatic heterocycles. The van der Waals surface area contributed by atoms with Gasteiger partial charge in [0.25, 0.3) is 0 Å². The molecule has 4 rings (SSSR count). The molecule has 0 saturated heterocycles. The van der Waals surface area contributed by atoms with Gasteiger partial charge in [0, 0.05) is 0 Å². The quantitative estimate of drug-likeness (QED) is 0.173. The zero-order chi connectivity index (χ0) is 27.4. The number of nitriles is 1. The van der Waals surface area contributed by atoms with E-state index in [1.165, 1.54) is 0 Å². The maximum absolute atomic E-state index is 16.2. The van der Waals surface area contributed by atoms with Crippen LogP contribution in [0.25, 0.3) is 0 Å². The van der Waals surface area contributed by atoms with Gasteiger partial charge in [-0.15, -0.1) is 0 Å². The number of para-hydroxylation sites is 1. The Hall–Kier alpha value is -4.58. The van der Waals surface area contributed by atoms with Crippen LogP contribution in [-0.4, -0.2) is 35.0 Å². The van der Waals surface area contributed by atoms with Gasteiger partial charge in [-0.3, -0.25) is 9.59 Å². The summed E-state index contributed by atoms with van der Waals surface area (Å²) in [5, 5.41) is 33.5. The monoisotopic (exact) mass is 518 g/mol. The topological polar surface area (TPSA) is 129 Å². The average molecular weight is 519 g/mol. The maximum Gasteiger partial charge on any atom is 0.201 e. The highest BCUT2D eigenvalue weighted by atomic mass is 19.1. The van der Waals surface area contributed by atoms with Crippen molar-refractivity contribution < 1.29 is 33.7 Å². The van der Waals surface area contributed by atoms with Gasteiger partial charge in [0.2, 0.25) is 11.6 Å². The molecule has 0 fully saturated rings. The first-order valence-corrected chi connectivity index (χ1v) is 12.4. The zero-order valence-electron chi connectivity index (χ0n) is 21.1. The van der Waals surface area contributed by atoms with Crippen molar-refractivity contribution in [1.29, 1.82) is 5.26 Å². The third-order valence-corrected chi connectivity index (χ3v) is 6.22. The standard InChI is InChI=1S/C29H27FN2O6/c1-3-5-13-37-28-24(30)22-23(27(36)21-19(34)12-11-18(33)20(21)26(22)35)25(29(28)38-14-6-4-2)32-17-10-8-7-9-16(17)15-31/h7-12,32-34H,3-6,13-14H2,1-2H3. The Morgan fingerprint density at radius 2 is 1.39 bits per heavy atom. The van der Waals surface area contributed by atoms with Crippen molar-refractivity contribution in [3.63, 3.8) is 0 Å². The number of unbranched alkanes of at least 4 members (excludes halogenated alkanes) is 2. The summed E-state index contributed by atoms with van der Waals surface area (Å²) in [5.74, 6) is -4.56.